The second-order valence-electron chi connectivity index (χ2n) is 6.89. The van der Waals surface area contributed by atoms with Crippen molar-refractivity contribution in [3.8, 4) is 0 Å². The first-order valence-electron chi connectivity index (χ1n) is 8.99. The number of rotatable bonds is 7. The third kappa shape index (κ3) is 4.63. The van der Waals surface area contributed by atoms with Gasteiger partial charge >= 0.3 is 0 Å². The van der Waals surface area contributed by atoms with Crippen molar-refractivity contribution >= 4 is 27.3 Å². The Kier molecular flexibility index (Phi) is 6.41. The number of aromatic nitrogens is 2. The summed E-state index contributed by atoms with van der Waals surface area (Å²) in [7, 11) is -1.73. The van der Waals surface area contributed by atoms with Crippen molar-refractivity contribution in [3.05, 3.63) is 41.9 Å². The number of nitrogens with zero attached hydrogens (tertiary/aromatic N) is 4. The van der Waals surface area contributed by atoms with E-state index in [1.54, 1.807) is 30.7 Å². The maximum Gasteiger partial charge on any atom is 0.244 e. The topological polar surface area (TPSA) is 78.7 Å². The molecule has 1 aliphatic heterocycles. The van der Waals surface area contributed by atoms with Gasteiger partial charge in [-0.1, -0.05) is 11.6 Å². The van der Waals surface area contributed by atoms with Gasteiger partial charge in [0.1, 0.15) is 4.90 Å². The Morgan fingerprint density at radius 1 is 1.41 bits per heavy atom. The molecule has 0 aliphatic carbocycles. The van der Waals surface area contributed by atoms with Gasteiger partial charge in [0.05, 0.1) is 11.3 Å². The molecule has 3 rings (SSSR count). The fraction of sp³-hybridized carbons (Fsp3) is 0.500. The number of piperidine rings is 1. The normalized spacial score (nSPS) is 18.6. The summed E-state index contributed by atoms with van der Waals surface area (Å²) < 4.78 is 29.3. The van der Waals surface area contributed by atoms with Crippen LogP contribution in [0.2, 0.25) is 5.02 Å². The number of sulfonamides is 1. The van der Waals surface area contributed by atoms with Crippen molar-refractivity contribution in [2.75, 3.05) is 38.2 Å². The average molecular weight is 413 g/mol. The molecule has 1 atom stereocenters. The lowest BCUT2D eigenvalue weighted by Crippen LogP contribution is -2.41. The van der Waals surface area contributed by atoms with Crippen LogP contribution in [0.4, 0.5) is 5.69 Å². The molecule has 0 spiro atoms. The highest BCUT2D eigenvalue weighted by atomic mass is 35.5. The van der Waals surface area contributed by atoms with Gasteiger partial charge < -0.3 is 14.6 Å². The molecule has 2 aromatic rings. The van der Waals surface area contributed by atoms with Crippen molar-refractivity contribution in [3.63, 3.8) is 0 Å². The lowest BCUT2D eigenvalue weighted by atomic mass is 10.0. The van der Waals surface area contributed by atoms with Crippen LogP contribution in [0.5, 0.6) is 0 Å². The molecule has 0 unspecified atom stereocenters. The van der Waals surface area contributed by atoms with Crippen molar-refractivity contribution in [1.29, 1.82) is 0 Å². The quantitative estimate of drug-likeness (QED) is 0.753. The molecule has 7 nitrogen and oxygen atoms in total. The van der Waals surface area contributed by atoms with Crippen molar-refractivity contribution in [2.24, 2.45) is 5.92 Å². The number of benzene rings is 1. The minimum Gasteiger partial charge on any atom is -0.396 e. The molecule has 27 heavy (non-hydrogen) atoms. The summed E-state index contributed by atoms with van der Waals surface area (Å²) in [6.45, 7) is 2.30. The van der Waals surface area contributed by atoms with E-state index in [0.717, 1.165) is 31.6 Å². The maximum atomic E-state index is 13.0. The van der Waals surface area contributed by atoms with Gasteiger partial charge in [-0.15, -0.1) is 0 Å². The second-order valence-corrected chi connectivity index (χ2v) is 9.20. The monoisotopic (exact) mass is 412 g/mol. The summed E-state index contributed by atoms with van der Waals surface area (Å²) >= 11 is 6.35. The molecule has 0 bridgehead atoms. The van der Waals surface area contributed by atoms with Crippen LogP contribution in [0.3, 0.4) is 0 Å². The van der Waals surface area contributed by atoms with Crippen LogP contribution in [0.15, 0.2) is 41.8 Å². The van der Waals surface area contributed by atoms with Crippen LogP contribution < -0.4 is 4.90 Å². The lowest BCUT2D eigenvalue weighted by molar-refractivity contribution is 0.165. The maximum absolute atomic E-state index is 13.0. The summed E-state index contributed by atoms with van der Waals surface area (Å²) in [4.78, 5) is 6.16. The summed E-state index contributed by atoms with van der Waals surface area (Å²) in [5, 5.41) is 9.57. The largest absolute Gasteiger partial charge is 0.396 e. The van der Waals surface area contributed by atoms with Crippen LogP contribution in [-0.2, 0) is 16.6 Å². The summed E-state index contributed by atoms with van der Waals surface area (Å²) in [5.74, 6) is -0.0131. The molecule has 1 aliphatic rings. The number of hydrogen-bond donors (Lipinski definition) is 1. The molecule has 0 radical (unpaired) electrons. The van der Waals surface area contributed by atoms with Gasteiger partial charge in [0.2, 0.25) is 10.0 Å². The average Bonchev–Trinajstić information content (AvgIpc) is 3.19. The fourth-order valence-corrected chi connectivity index (χ4v) is 5.35. The summed E-state index contributed by atoms with van der Waals surface area (Å²) in [6.07, 6.45) is 6.98. The molecule has 0 saturated carbocycles. The Labute approximate surface area is 165 Å². The Bertz CT molecular complexity index is 857. The van der Waals surface area contributed by atoms with E-state index in [9.17, 15) is 13.5 Å². The van der Waals surface area contributed by atoms with E-state index in [1.807, 2.05) is 22.7 Å². The number of anilines is 1. The highest BCUT2D eigenvalue weighted by Gasteiger charge is 2.31. The first-order valence-corrected chi connectivity index (χ1v) is 10.8. The molecule has 2 heterocycles. The fourth-order valence-electron chi connectivity index (χ4n) is 3.28. The molecular formula is C18H25ClN4O3S. The zero-order valence-electron chi connectivity index (χ0n) is 15.3. The van der Waals surface area contributed by atoms with Gasteiger partial charge in [-0.25, -0.2) is 13.4 Å². The van der Waals surface area contributed by atoms with E-state index in [2.05, 4.69) is 4.98 Å². The van der Waals surface area contributed by atoms with Gasteiger partial charge in [0.15, 0.2) is 0 Å². The van der Waals surface area contributed by atoms with Crippen molar-refractivity contribution in [2.45, 2.75) is 24.3 Å². The molecule has 148 valence electrons. The number of aliphatic hydroxyl groups excluding tert-OH is 1. The molecule has 1 fully saturated rings. The number of likely N-dealkylation sites (N-methyl/N-ethyl adjacent to an activating group) is 1. The molecular weight excluding hydrogens is 388 g/mol. The van der Waals surface area contributed by atoms with E-state index in [1.165, 1.54) is 4.31 Å². The third-order valence-electron chi connectivity index (χ3n) is 4.97. The Balaban J connectivity index is 1.73. The Morgan fingerprint density at radius 2 is 2.22 bits per heavy atom. The van der Waals surface area contributed by atoms with E-state index in [4.69, 9.17) is 11.6 Å². The summed E-state index contributed by atoms with van der Waals surface area (Å²) in [6, 6.07) is 5.04. The highest BCUT2D eigenvalue weighted by molar-refractivity contribution is 7.89. The minimum atomic E-state index is -3.67. The number of aliphatic hydroxyl groups is 1. The predicted molar refractivity (Wildman–Crippen MR) is 106 cm³/mol. The smallest absolute Gasteiger partial charge is 0.244 e. The summed E-state index contributed by atoms with van der Waals surface area (Å²) in [5.41, 5.74) is 0.853. The van der Waals surface area contributed by atoms with Crippen LogP contribution in [0.1, 0.15) is 12.8 Å². The Hall–Kier alpha value is -1.61. The highest BCUT2D eigenvalue weighted by Crippen LogP contribution is 2.31. The zero-order valence-corrected chi connectivity index (χ0v) is 16.9. The first kappa shape index (κ1) is 20.1. The van der Waals surface area contributed by atoms with Gasteiger partial charge in [-0.3, -0.25) is 0 Å². The standard InChI is InChI=1S/C18H25ClN4O3S/c1-21(9-10-22-8-6-20-14-22)16-4-5-18(17(19)11-16)27(25,26)23-7-2-3-15(12-23)13-24/h4-6,8,11,14-15,24H,2-3,7,9-10,12-13H2,1H3/t15-/m1/s1. The number of imidazole rings is 1. The van der Waals surface area contributed by atoms with E-state index >= 15 is 0 Å². The van der Waals surface area contributed by atoms with Gasteiger partial charge in [-0.2, -0.15) is 4.31 Å². The van der Waals surface area contributed by atoms with Crippen molar-refractivity contribution < 1.29 is 13.5 Å². The van der Waals surface area contributed by atoms with Crippen LogP contribution in [0.25, 0.3) is 0 Å². The molecule has 1 saturated heterocycles. The number of hydrogen-bond acceptors (Lipinski definition) is 5. The Morgan fingerprint density at radius 3 is 2.89 bits per heavy atom. The third-order valence-corrected chi connectivity index (χ3v) is 7.31. The van der Waals surface area contributed by atoms with Crippen LogP contribution in [0, 0.1) is 5.92 Å². The number of halogens is 1. The molecule has 1 aromatic heterocycles. The molecule has 1 aromatic carbocycles. The SMILES string of the molecule is CN(CCn1ccnc1)c1ccc(S(=O)(=O)N2CCC[C@@H](CO)C2)c(Cl)c1. The second kappa shape index (κ2) is 8.60. The minimum absolute atomic E-state index is 0.000396. The van der Waals surface area contributed by atoms with Gasteiger partial charge in [0, 0.05) is 57.9 Å². The van der Waals surface area contributed by atoms with Crippen molar-refractivity contribution in [1.82, 2.24) is 13.9 Å². The van der Waals surface area contributed by atoms with Crippen LogP contribution in [-0.4, -0.2) is 60.7 Å². The van der Waals surface area contributed by atoms with E-state index < -0.39 is 10.0 Å². The van der Waals surface area contributed by atoms with Gasteiger partial charge in [0.25, 0.3) is 0 Å². The zero-order chi connectivity index (χ0) is 19.4. The van der Waals surface area contributed by atoms with Gasteiger partial charge in [-0.05, 0) is 37.0 Å². The first-order chi connectivity index (χ1) is 12.9. The molecule has 9 heteroatoms. The van der Waals surface area contributed by atoms with E-state index in [-0.39, 0.29) is 22.4 Å². The lowest BCUT2D eigenvalue weighted by Gasteiger charge is -2.31. The molecule has 0 amide bonds. The van der Waals surface area contributed by atoms with E-state index in [0.29, 0.717) is 13.1 Å². The molecule has 1 N–H and O–H groups in total. The predicted octanol–water partition coefficient (Wildman–Crippen LogP) is 2.07. The van der Waals surface area contributed by atoms with Crippen LogP contribution >= 0.6 is 11.6 Å².